The molecule has 1 unspecified atom stereocenters. The molecule has 0 aliphatic rings. The van der Waals surface area contributed by atoms with Gasteiger partial charge in [0.25, 0.3) is 0 Å². The molecule has 2 N–H and O–H groups in total. The van der Waals surface area contributed by atoms with Crippen LogP contribution < -0.4 is 5.73 Å². The number of nitrogens with zero attached hydrogens (tertiary/aromatic N) is 2. The van der Waals surface area contributed by atoms with Gasteiger partial charge in [0.05, 0.1) is 15.9 Å². The Morgan fingerprint density at radius 1 is 1.57 bits per heavy atom. The van der Waals surface area contributed by atoms with Crippen LogP contribution in [0.5, 0.6) is 0 Å². The quantitative estimate of drug-likeness (QED) is 0.902. The van der Waals surface area contributed by atoms with E-state index in [1.807, 2.05) is 18.5 Å². The molecule has 1 aromatic heterocycles. The Morgan fingerprint density at radius 3 is 2.71 bits per heavy atom. The van der Waals surface area contributed by atoms with Gasteiger partial charge in [-0.2, -0.15) is 5.10 Å². The van der Waals surface area contributed by atoms with Crippen LogP contribution in [0.15, 0.2) is 4.47 Å². The standard InChI is InChI=1S/C10H18BrN3/c1-4-14-9(6-5-7(2)12)10(11)8(3)13-14/h7H,4-6,12H2,1-3H3. The van der Waals surface area contributed by atoms with Gasteiger partial charge in [-0.05, 0) is 49.5 Å². The number of hydrogen-bond acceptors (Lipinski definition) is 2. The fourth-order valence-corrected chi connectivity index (χ4v) is 1.95. The summed E-state index contributed by atoms with van der Waals surface area (Å²) in [6.07, 6.45) is 2.00. The van der Waals surface area contributed by atoms with Crippen molar-refractivity contribution in [2.24, 2.45) is 5.73 Å². The molecule has 1 atom stereocenters. The molecule has 0 aromatic carbocycles. The molecule has 0 saturated heterocycles. The average molecular weight is 260 g/mol. The van der Waals surface area contributed by atoms with Crippen molar-refractivity contribution in [1.29, 1.82) is 0 Å². The van der Waals surface area contributed by atoms with Gasteiger partial charge >= 0.3 is 0 Å². The molecule has 14 heavy (non-hydrogen) atoms. The van der Waals surface area contributed by atoms with Crippen molar-refractivity contribution in [3.05, 3.63) is 15.9 Å². The fourth-order valence-electron chi connectivity index (χ4n) is 1.47. The average Bonchev–Trinajstić information content (AvgIpc) is 2.40. The van der Waals surface area contributed by atoms with Gasteiger partial charge < -0.3 is 5.73 Å². The van der Waals surface area contributed by atoms with Gasteiger partial charge in [0.1, 0.15) is 0 Å². The Balaban J connectivity index is 2.82. The lowest BCUT2D eigenvalue weighted by Gasteiger charge is -2.07. The summed E-state index contributed by atoms with van der Waals surface area (Å²) < 4.78 is 3.18. The smallest absolute Gasteiger partial charge is 0.0738 e. The zero-order valence-electron chi connectivity index (χ0n) is 9.05. The number of aromatic nitrogens is 2. The van der Waals surface area contributed by atoms with E-state index in [2.05, 4.69) is 28.0 Å². The van der Waals surface area contributed by atoms with Gasteiger partial charge in [-0.25, -0.2) is 0 Å². The monoisotopic (exact) mass is 259 g/mol. The highest BCUT2D eigenvalue weighted by Crippen LogP contribution is 2.22. The lowest BCUT2D eigenvalue weighted by atomic mass is 10.1. The Labute approximate surface area is 93.8 Å². The number of halogens is 1. The fraction of sp³-hybridized carbons (Fsp3) is 0.700. The van der Waals surface area contributed by atoms with Crippen molar-refractivity contribution >= 4 is 15.9 Å². The van der Waals surface area contributed by atoms with E-state index in [9.17, 15) is 0 Å². The summed E-state index contributed by atoms with van der Waals surface area (Å²) in [4.78, 5) is 0. The van der Waals surface area contributed by atoms with Gasteiger partial charge in [0.15, 0.2) is 0 Å². The predicted molar refractivity (Wildman–Crippen MR) is 62.3 cm³/mol. The van der Waals surface area contributed by atoms with Crippen LogP contribution in [0.4, 0.5) is 0 Å². The molecule has 1 heterocycles. The first-order chi connectivity index (χ1) is 6.56. The lowest BCUT2D eigenvalue weighted by molar-refractivity contribution is 0.582. The van der Waals surface area contributed by atoms with Gasteiger partial charge in [0.2, 0.25) is 0 Å². The number of aryl methyl sites for hydroxylation is 2. The summed E-state index contributed by atoms with van der Waals surface area (Å²) in [6.45, 7) is 7.08. The van der Waals surface area contributed by atoms with Crippen molar-refractivity contribution in [2.45, 2.75) is 46.2 Å². The normalized spacial score (nSPS) is 13.2. The lowest BCUT2D eigenvalue weighted by Crippen LogP contribution is -2.16. The summed E-state index contributed by atoms with van der Waals surface area (Å²) in [5, 5.41) is 4.44. The zero-order chi connectivity index (χ0) is 10.7. The molecule has 0 fully saturated rings. The van der Waals surface area contributed by atoms with E-state index in [0.717, 1.165) is 29.6 Å². The van der Waals surface area contributed by atoms with Crippen molar-refractivity contribution < 1.29 is 0 Å². The Morgan fingerprint density at radius 2 is 2.21 bits per heavy atom. The Kier molecular flexibility index (Phi) is 4.13. The van der Waals surface area contributed by atoms with Crippen LogP contribution in [-0.4, -0.2) is 15.8 Å². The third kappa shape index (κ3) is 2.58. The first kappa shape index (κ1) is 11.7. The molecule has 0 amide bonds. The van der Waals surface area contributed by atoms with Crippen LogP contribution in [0.2, 0.25) is 0 Å². The van der Waals surface area contributed by atoms with E-state index >= 15 is 0 Å². The van der Waals surface area contributed by atoms with E-state index in [1.165, 1.54) is 5.69 Å². The largest absolute Gasteiger partial charge is 0.328 e. The molecule has 0 spiro atoms. The molecule has 1 rings (SSSR count). The van der Waals surface area contributed by atoms with Crippen LogP contribution in [0.1, 0.15) is 31.7 Å². The summed E-state index contributed by atoms with van der Waals surface area (Å²) in [6, 6.07) is 0.252. The van der Waals surface area contributed by atoms with Crippen molar-refractivity contribution in [3.8, 4) is 0 Å². The number of rotatable bonds is 4. The number of nitrogens with two attached hydrogens (primary N) is 1. The van der Waals surface area contributed by atoms with Gasteiger partial charge in [-0.15, -0.1) is 0 Å². The van der Waals surface area contributed by atoms with E-state index in [1.54, 1.807) is 0 Å². The van der Waals surface area contributed by atoms with E-state index in [0.29, 0.717) is 0 Å². The highest BCUT2D eigenvalue weighted by atomic mass is 79.9. The predicted octanol–water partition coefficient (Wildman–Crippen LogP) is 2.25. The molecule has 80 valence electrons. The van der Waals surface area contributed by atoms with Crippen LogP contribution in [0.25, 0.3) is 0 Å². The van der Waals surface area contributed by atoms with Crippen LogP contribution >= 0.6 is 15.9 Å². The van der Waals surface area contributed by atoms with Crippen LogP contribution in [0.3, 0.4) is 0 Å². The molecule has 3 nitrogen and oxygen atoms in total. The summed E-state index contributed by atoms with van der Waals surface area (Å²) >= 11 is 3.57. The highest BCUT2D eigenvalue weighted by molar-refractivity contribution is 9.10. The molecule has 1 aromatic rings. The Hall–Kier alpha value is -0.350. The van der Waals surface area contributed by atoms with Crippen LogP contribution in [-0.2, 0) is 13.0 Å². The maximum atomic E-state index is 5.74. The molecular formula is C10H18BrN3. The molecule has 0 aliphatic carbocycles. The van der Waals surface area contributed by atoms with Gasteiger partial charge in [-0.3, -0.25) is 4.68 Å². The topological polar surface area (TPSA) is 43.8 Å². The van der Waals surface area contributed by atoms with Crippen molar-refractivity contribution in [1.82, 2.24) is 9.78 Å². The molecule has 4 heteroatoms. The highest BCUT2D eigenvalue weighted by Gasteiger charge is 2.11. The third-order valence-electron chi connectivity index (χ3n) is 2.29. The minimum absolute atomic E-state index is 0.252. The first-order valence-corrected chi connectivity index (χ1v) is 5.83. The molecule has 0 aliphatic heterocycles. The van der Waals surface area contributed by atoms with E-state index < -0.39 is 0 Å². The number of hydrogen-bond donors (Lipinski definition) is 1. The summed E-state index contributed by atoms with van der Waals surface area (Å²) in [5.41, 5.74) is 8.07. The second-order valence-electron chi connectivity index (χ2n) is 3.68. The van der Waals surface area contributed by atoms with Crippen molar-refractivity contribution in [2.75, 3.05) is 0 Å². The van der Waals surface area contributed by atoms with Gasteiger partial charge in [0, 0.05) is 12.6 Å². The molecule has 0 radical (unpaired) electrons. The zero-order valence-corrected chi connectivity index (χ0v) is 10.6. The molecule has 0 saturated carbocycles. The van der Waals surface area contributed by atoms with Crippen LogP contribution in [0, 0.1) is 6.92 Å². The maximum Gasteiger partial charge on any atom is 0.0738 e. The van der Waals surface area contributed by atoms with Crippen molar-refractivity contribution in [3.63, 3.8) is 0 Å². The summed E-state index contributed by atoms with van der Waals surface area (Å²) in [7, 11) is 0. The minimum Gasteiger partial charge on any atom is -0.328 e. The Bertz CT molecular complexity index is 305. The molecule has 0 bridgehead atoms. The van der Waals surface area contributed by atoms with Gasteiger partial charge in [-0.1, -0.05) is 0 Å². The van der Waals surface area contributed by atoms with E-state index in [-0.39, 0.29) is 6.04 Å². The van der Waals surface area contributed by atoms with E-state index in [4.69, 9.17) is 5.73 Å². The SMILES string of the molecule is CCn1nc(C)c(Br)c1CCC(C)N. The molecular weight excluding hydrogens is 242 g/mol. The summed E-state index contributed by atoms with van der Waals surface area (Å²) in [5.74, 6) is 0. The second-order valence-corrected chi connectivity index (χ2v) is 4.47. The second kappa shape index (κ2) is 4.94. The first-order valence-electron chi connectivity index (χ1n) is 5.03. The maximum absolute atomic E-state index is 5.74. The third-order valence-corrected chi connectivity index (χ3v) is 3.32. The minimum atomic E-state index is 0.252.